The fourth-order valence-electron chi connectivity index (χ4n) is 2.24. The predicted molar refractivity (Wildman–Crippen MR) is 73.7 cm³/mol. The van der Waals surface area contributed by atoms with Crippen LogP contribution in [0, 0.1) is 5.92 Å². The van der Waals surface area contributed by atoms with E-state index in [0.29, 0.717) is 17.5 Å². The van der Waals surface area contributed by atoms with Crippen molar-refractivity contribution in [2.24, 2.45) is 5.92 Å². The van der Waals surface area contributed by atoms with Crippen molar-refractivity contribution < 1.29 is 14.3 Å². The maximum atomic E-state index is 12.0. The van der Waals surface area contributed by atoms with Crippen molar-refractivity contribution >= 4 is 11.8 Å². The second-order valence-corrected chi connectivity index (χ2v) is 4.78. The van der Waals surface area contributed by atoms with Crippen LogP contribution in [0.3, 0.4) is 0 Å². The summed E-state index contributed by atoms with van der Waals surface area (Å²) in [5.41, 5.74) is 0. The lowest BCUT2D eigenvalue weighted by atomic mass is 9.93. The Labute approximate surface area is 118 Å². The quantitative estimate of drug-likeness (QED) is 0.871. The number of carbonyl (C=O) groups is 1. The van der Waals surface area contributed by atoms with E-state index in [4.69, 9.17) is 9.47 Å². The van der Waals surface area contributed by atoms with E-state index < -0.39 is 0 Å². The third-order valence-corrected chi connectivity index (χ3v) is 3.46. The molecule has 1 aliphatic rings. The van der Waals surface area contributed by atoms with Crippen LogP contribution in [0.1, 0.15) is 19.8 Å². The van der Waals surface area contributed by atoms with Crippen LogP contribution in [0.15, 0.2) is 12.5 Å². The van der Waals surface area contributed by atoms with Gasteiger partial charge < -0.3 is 14.8 Å². The summed E-state index contributed by atoms with van der Waals surface area (Å²) in [6.07, 6.45) is 4.81. The van der Waals surface area contributed by atoms with Gasteiger partial charge in [0.25, 0.3) is 0 Å². The summed E-state index contributed by atoms with van der Waals surface area (Å²) in [7, 11) is 1.51. The number of nitrogens with zero attached hydrogens (tertiary/aromatic N) is 2. The summed E-state index contributed by atoms with van der Waals surface area (Å²) >= 11 is 0. The van der Waals surface area contributed by atoms with Gasteiger partial charge in [0.2, 0.25) is 0 Å². The van der Waals surface area contributed by atoms with E-state index in [0.717, 1.165) is 26.1 Å². The molecule has 1 atom stereocenters. The van der Waals surface area contributed by atoms with Crippen molar-refractivity contribution in [1.29, 1.82) is 0 Å². The van der Waals surface area contributed by atoms with Crippen LogP contribution in [-0.4, -0.2) is 42.4 Å². The predicted octanol–water partition coefficient (Wildman–Crippen LogP) is 1.42. The van der Waals surface area contributed by atoms with Crippen molar-refractivity contribution in [3.8, 4) is 5.75 Å². The molecule has 20 heavy (non-hydrogen) atoms. The Morgan fingerprint density at radius 3 is 2.95 bits per heavy atom. The van der Waals surface area contributed by atoms with Gasteiger partial charge in [-0.25, -0.2) is 14.8 Å². The highest BCUT2D eigenvalue weighted by Crippen LogP contribution is 2.20. The van der Waals surface area contributed by atoms with Gasteiger partial charge in [-0.15, -0.1) is 0 Å². The van der Waals surface area contributed by atoms with Gasteiger partial charge in [-0.3, -0.25) is 5.32 Å². The van der Waals surface area contributed by atoms with Gasteiger partial charge in [-0.2, -0.15) is 0 Å². The third-order valence-electron chi connectivity index (χ3n) is 3.46. The van der Waals surface area contributed by atoms with E-state index in [-0.39, 0.29) is 12.1 Å². The lowest BCUT2D eigenvalue weighted by Crippen LogP contribution is -2.42. The zero-order chi connectivity index (χ0) is 14.4. The summed E-state index contributed by atoms with van der Waals surface area (Å²) in [5, 5.41) is 5.60. The molecular formula is C13H20N4O3. The molecule has 1 aromatic heterocycles. The summed E-state index contributed by atoms with van der Waals surface area (Å²) < 4.78 is 10.4. The Hall–Kier alpha value is -1.89. The van der Waals surface area contributed by atoms with Crippen molar-refractivity contribution in [1.82, 2.24) is 15.3 Å². The number of urea groups is 1. The second kappa shape index (κ2) is 7.04. The summed E-state index contributed by atoms with van der Waals surface area (Å²) in [6, 6.07) is -0.201. The summed E-state index contributed by atoms with van der Waals surface area (Å²) in [5.74, 6) is 1.24. The number of aromatic nitrogens is 2. The van der Waals surface area contributed by atoms with E-state index in [1.54, 1.807) is 0 Å². The van der Waals surface area contributed by atoms with E-state index in [1.165, 1.54) is 19.6 Å². The normalized spacial score (nSPS) is 17.3. The highest BCUT2D eigenvalue weighted by Gasteiger charge is 2.22. The fraction of sp³-hybridized carbons (Fsp3) is 0.615. The third kappa shape index (κ3) is 3.80. The average Bonchev–Trinajstić information content (AvgIpc) is 2.48. The Bertz CT molecular complexity index is 449. The van der Waals surface area contributed by atoms with Gasteiger partial charge in [0.1, 0.15) is 6.33 Å². The van der Waals surface area contributed by atoms with Gasteiger partial charge in [-0.05, 0) is 25.7 Å². The smallest absolute Gasteiger partial charge is 0.320 e. The number of carbonyl (C=O) groups excluding carboxylic acids is 1. The maximum Gasteiger partial charge on any atom is 0.320 e. The van der Waals surface area contributed by atoms with Crippen LogP contribution in [0.2, 0.25) is 0 Å². The highest BCUT2D eigenvalue weighted by molar-refractivity contribution is 5.89. The number of hydrogen-bond acceptors (Lipinski definition) is 5. The van der Waals surface area contributed by atoms with Crippen LogP contribution in [0.4, 0.5) is 10.6 Å². The van der Waals surface area contributed by atoms with Crippen molar-refractivity contribution in [2.45, 2.75) is 25.8 Å². The zero-order valence-electron chi connectivity index (χ0n) is 11.8. The highest BCUT2D eigenvalue weighted by atomic mass is 16.5. The molecule has 0 unspecified atom stereocenters. The van der Waals surface area contributed by atoms with Crippen LogP contribution in [0.25, 0.3) is 0 Å². The standard InChI is InChI=1S/C13H20N4O3/c1-9(10-3-5-20-6-4-10)16-13(18)17-12-11(19-2)7-14-8-15-12/h7-10H,3-6H2,1-2H3,(H2,14,15,16,17,18)/t9-/m1/s1. The summed E-state index contributed by atoms with van der Waals surface area (Å²) in [4.78, 5) is 19.8. The molecule has 7 nitrogen and oxygen atoms in total. The molecule has 0 aromatic carbocycles. The molecule has 0 aliphatic carbocycles. The second-order valence-electron chi connectivity index (χ2n) is 4.78. The maximum absolute atomic E-state index is 12.0. The van der Waals surface area contributed by atoms with Gasteiger partial charge >= 0.3 is 6.03 Å². The first-order chi connectivity index (χ1) is 9.70. The molecule has 1 fully saturated rings. The van der Waals surface area contributed by atoms with Crippen molar-refractivity contribution in [3.05, 3.63) is 12.5 Å². The number of methoxy groups -OCH3 is 1. The minimum atomic E-state index is -0.291. The molecule has 1 aliphatic heterocycles. The molecule has 0 radical (unpaired) electrons. The molecule has 1 aromatic rings. The fourth-order valence-corrected chi connectivity index (χ4v) is 2.24. The molecule has 2 rings (SSSR count). The first-order valence-corrected chi connectivity index (χ1v) is 6.70. The molecule has 2 N–H and O–H groups in total. The van der Waals surface area contributed by atoms with E-state index >= 15 is 0 Å². The van der Waals surface area contributed by atoms with Gasteiger partial charge in [0.15, 0.2) is 11.6 Å². The molecule has 1 saturated heterocycles. The topological polar surface area (TPSA) is 85.4 Å². The lowest BCUT2D eigenvalue weighted by Gasteiger charge is -2.28. The van der Waals surface area contributed by atoms with Crippen LogP contribution in [0.5, 0.6) is 5.75 Å². The molecule has 2 heterocycles. The molecule has 2 amide bonds. The number of amides is 2. The van der Waals surface area contributed by atoms with E-state index in [2.05, 4.69) is 20.6 Å². The average molecular weight is 280 g/mol. The number of anilines is 1. The first-order valence-electron chi connectivity index (χ1n) is 6.70. The van der Waals surface area contributed by atoms with Crippen LogP contribution >= 0.6 is 0 Å². The van der Waals surface area contributed by atoms with Crippen LogP contribution in [-0.2, 0) is 4.74 Å². The minimum Gasteiger partial charge on any atom is -0.491 e. The summed E-state index contributed by atoms with van der Waals surface area (Å²) in [6.45, 7) is 3.53. The minimum absolute atomic E-state index is 0.0896. The molecule has 7 heteroatoms. The number of rotatable bonds is 4. The van der Waals surface area contributed by atoms with E-state index in [1.807, 2.05) is 6.92 Å². The molecule has 110 valence electrons. The molecule has 0 saturated carbocycles. The van der Waals surface area contributed by atoms with Crippen molar-refractivity contribution in [2.75, 3.05) is 25.6 Å². The number of ether oxygens (including phenoxy) is 2. The van der Waals surface area contributed by atoms with Crippen molar-refractivity contribution in [3.63, 3.8) is 0 Å². The SMILES string of the molecule is COc1cncnc1NC(=O)N[C@H](C)C1CCOCC1. The number of nitrogens with one attached hydrogen (secondary N) is 2. The Morgan fingerprint density at radius 2 is 2.25 bits per heavy atom. The van der Waals surface area contributed by atoms with E-state index in [9.17, 15) is 4.79 Å². The monoisotopic (exact) mass is 280 g/mol. The van der Waals surface area contributed by atoms with Gasteiger partial charge in [0.05, 0.1) is 13.3 Å². The Morgan fingerprint density at radius 1 is 1.50 bits per heavy atom. The Balaban J connectivity index is 1.88. The largest absolute Gasteiger partial charge is 0.491 e. The molecule has 0 bridgehead atoms. The zero-order valence-corrected chi connectivity index (χ0v) is 11.8. The van der Waals surface area contributed by atoms with Crippen LogP contribution < -0.4 is 15.4 Å². The number of hydrogen-bond donors (Lipinski definition) is 2. The molecule has 0 spiro atoms. The van der Waals surface area contributed by atoms with Gasteiger partial charge in [0, 0.05) is 19.3 Å². The van der Waals surface area contributed by atoms with Gasteiger partial charge in [-0.1, -0.05) is 0 Å². The molecular weight excluding hydrogens is 260 g/mol. The Kier molecular flexibility index (Phi) is 5.11. The lowest BCUT2D eigenvalue weighted by molar-refractivity contribution is 0.0573. The first kappa shape index (κ1) is 14.5.